The van der Waals surface area contributed by atoms with E-state index < -0.39 is 0 Å². The molecule has 0 bridgehead atoms. The standard InChI is InChI=1S/C11H9NO2/c1-6-5-8-9(13-6)3-4-10-11(8)12-7(2)14-10/h3-5H,1-2H3. The first kappa shape index (κ1) is 7.62. The molecule has 3 rings (SSSR count). The highest BCUT2D eigenvalue weighted by Gasteiger charge is 2.09. The van der Waals surface area contributed by atoms with Crippen molar-refractivity contribution in [3.05, 3.63) is 29.9 Å². The number of hydrogen-bond donors (Lipinski definition) is 0. The molecule has 0 aliphatic carbocycles. The van der Waals surface area contributed by atoms with E-state index >= 15 is 0 Å². The van der Waals surface area contributed by atoms with Crippen LogP contribution in [0.2, 0.25) is 0 Å². The molecule has 0 radical (unpaired) electrons. The first-order valence-corrected chi connectivity index (χ1v) is 4.50. The topological polar surface area (TPSA) is 39.2 Å². The molecule has 0 aliphatic rings. The van der Waals surface area contributed by atoms with Gasteiger partial charge in [0.25, 0.3) is 0 Å². The molecule has 0 atom stereocenters. The molecule has 3 nitrogen and oxygen atoms in total. The normalized spacial score (nSPS) is 11.6. The molecule has 0 saturated carbocycles. The molecule has 3 aromatic rings. The second-order valence-electron chi connectivity index (χ2n) is 3.41. The molecule has 0 aliphatic heterocycles. The molecule has 14 heavy (non-hydrogen) atoms. The molecule has 2 aromatic heterocycles. The average Bonchev–Trinajstić information content (AvgIpc) is 2.65. The quantitative estimate of drug-likeness (QED) is 0.542. The minimum atomic E-state index is 0.686. The number of oxazole rings is 1. The fraction of sp³-hybridized carbons (Fsp3) is 0.182. The van der Waals surface area contributed by atoms with Gasteiger partial charge in [0.05, 0.1) is 5.39 Å². The molecular weight excluding hydrogens is 178 g/mol. The number of fused-ring (bicyclic) bond motifs is 3. The summed E-state index contributed by atoms with van der Waals surface area (Å²) >= 11 is 0. The second-order valence-corrected chi connectivity index (χ2v) is 3.41. The summed E-state index contributed by atoms with van der Waals surface area (Å²) in [7, 11) is 0. The summed E-state index contributed by atoms with van der Waals surface area (Å²) < 4.78 is 10.9. The number of aryl methyl sites for hydroxylation is 2. The summed E-state index contributed by atoms with van der Waals surface area (Å²) in [6.45, 7) is 3.78. The van der Waals surface area contributed by atoms with Gasteiger partial charge < -0.3 is 8.83 Å². The van der Waals surface area contributed by atoms with Gasteiger partial charge in [-0.25, -0.2) is 4.98 Å². The number of furan rings is 1. The van der Waals surface area contributed by atoms with Crippen molar-refractivity contribution in [2.75, 3.05) is 0 Å². The summed E-state index contributed by atoms with van der Waals surface area (Å²) in [6, 6.07) is 5.79. The average molecular weight is 187 g/mol. The van der Waals surface area contributed by atoms with Gasteiger partial charge in [-0.3, -0.25) is 0 Å². The minimum absolute atomic E-state index is 0.686. The van der Waals surface area contributed by atoms with Gasteiger partial charge in [0.1, 0.15) is 16.9 Å². The zero-order chi connectivity index (χ0) is 9.71. The van der Waals surface area contributed by atoms with Crippen LogP contribution in [0, 0.1) is 13.8 Å². The molecule has 3 heteroatoms. The van der Waals surface area contributed by atoms with Gasteiger partial charge in [0.2, 0.25) is 0 Å². The molecule has 2 heterocycles. The summed E-state index contributed by atoms with van der Waals surface area (Å²) in [6.07, 6.45) is 0. The summed E-state index contributed by atoms with van der Waals surface area (Å²) in [5.74, 6) is 1.58. The number of nitrogens with zero attached hydrogens (tertiary/aromatic N) is 1. The zero-order valence-corrected chi connectivity index (χ0v) is 8.00. The molecule has 0 saturated heterocycles. The van der Waals surface area contributed by atoms with Crippen molar-refractivity contribution in [1.82, 2.24) is 4.98 Å². The van der Waals surface area contributed by atoms with Gasteiger partial charge >= 0.3 is 0 Å². The first-order chi connectivity index (χ1) is 6.74. The molecule has 0 spiro atoms. The smallest absolute Gasteiger partial charge is 0.192 e. The van der Waals surface area contributed by atoms with E-state index in [9.17, 15) is 0 Å². The maximum atomic E-state index is 5.50. The van der Waals surface area contributed by atoms with E-state index in [-0.39, 0.29) is 0 Å². The van der Waals surface area contributed by atoms with Crippen molar-refractivity contribution in [2.24, 2.45) is 0 Å². The Balaban J connectivity index is 2.58. The maximum Gasteiger partial charge on any atom is 0.192 e. The third-order valence-electron chi connectivity index (χ3n) is 2.29. The number of rotatable bonds is 0. The summed E-state index contributed by atoms with van der Waals surface area (Å²) in [5.41, 5.74) is 2.57. The molecule has 1 aromatic carbocycles. The highest BCUT2D eigenvalue weighted by atomic mass is 16.3. The van der Waals surface area contributed by atoms with Crippen LogP contribution < -0.4 is 0 Å². The lowest BCUT2D eigenvalue weighted by Crippen LogP contribution is -1.69. The van der Waals surface area contributed by atoms with E-state index in [1.807, 2.05) is 32.0 Å². The fourth-order valence-corrected chi connectivity index (χ4v) is 1.74. The molecule has 0 fully saturated rings. The number of aromatic nitrogens is 1. The highest BCUT2D eigenvalue weighted by molar-refractivity contribution is 6.01. The largest absolute Gasteiger partial charge is 0.461 e. The van der Waals surface area contributed by atoms with Crippen LogP contribution in [0.15, 0.2) is 27.0 Å². The number of benzene rings is 1. The molecule has 70 valence electrons. The van der Waals surface area contributed by atoms with E-state index in [4.69, 9.17) is 8.83 Å². The monoisotopic (exact) mass is 187 g/mol. The predicted molar refractivity (Wildman–Crippen MR) is 53.3 cm³/mol. The van der Waals surface area contributed by atoms with Crippen LogP contribution >= 0.6 is 0 Å². The van der Waals surface area contributed by atoms with Gasteiger partial charge in [0.15, 0.2) is 11.5 Å². The Labute approximate surface area is 80.3 Å². The minimum Gasteiger partial charge on any atom is -0.461 e. The van der Waals surface area contributed by atoms with Crippen LogP contribution in [0.1, 0.15) is 11.7 Å². The van der Waals surface area contributed by atoms with E-state index in [1.165, 1.54) is 0 Å². The van der Waals surface area contributed by atoms with Crippen LogP contribution in [0.4, 0.5) is 0 Å². The Hall–Kier alpha value is -1.77. The summed E-state index contributed by atoms with van der Waals surface area (Å²) in [4.78, 5) is 4.33. The third kappa shape index (κ3) is 0.894. The Morgan fingerprint density at radius 2 is 1.86 bits per heavy atom. The van der Waals surface area contributed by atoms with Crippen molar-refractivity contribution in [1.29, 1.82) is 0 Å². The Morgan fingerprint density at radius 1 is 1.07 bits per heavy atom. The SMILES string of the molecule is Cc1cc2c(ccc3oc(C)nc32)o1. The third-order valence-corrected chi connectivity index (χ3v) is 2.29. The van der Waals surface area contributed by atoms with Gasteiger partial charge in [-0.05, 0) is 25.1 Å². The maximum absolute atomic E-state index is 5.50. The van der Waals surface area contributed by atoms with Crippen molar-refractivity contribution < 1.29 is 8.83 Å². The highest BCUT2D eigenvalue weighted by Crippen LogP contribution is 2.27. The van der Waals surface area contributed by atoms with Gasteiger partial charge in [-0.2, -0.15) is 0 Å². The van der Waals surface area contributed by atoms with Gasteiger partial charge in [0, 0.05) is 6.92 Å². The van der Waals surface area contributed by atoms with Gasteiger partial charge in [-0.1, -0.05) is 0 Å². The van der Waals surface area contributed by atoms with Crippen LogP contribution in [0.5, 0.6) is 0 Å². The first-order valence-electron chi connectivity index (χ1n) is 4.50. The van der Waals surface area contributed by atoms with Crippen molar-refractivity contribution >= 4 is 22.1 Å². The molecular formula is C11H9NO2. The predicted octanol–water partition coefficient (Wildman–Crippen LogP) is 3.19. The van der Waals surface area contributed by atoms with E-state index in [0.29, 0.717) is 5.89 Å². The van der Waals surface area contributed by atoms with E-state index in [2.05, 4.69) is 4.98 Å². The lowest BCUT2D eigenvalue weighted by atomic mass is 10.2. The summed E-state index contributed by atoms with van der Waals surface area (Å²) in [5, 5.41) is 1.02. The Morgan fingerprint density at radius 3 is 2.71 bits per heavy atom. The Bertz CT molecular complexity index is 563. The van der Waals surface area contributed by atoms with Gasteiger partial charge in [-0.15, -0.1) is 0 Å². The van der Waals surface area contributed by atoms with Crippen molar-refractivity contribution in [3.8, 4) is 0 Å². The fourth-order valence-electron chi connectivity index (χ4n) is 1.74. The van der Waals surface area contributed by atoms with E-state index in [1.54, 1.807) is 0 Å². The molecule has 0 amide bonds. The van der Waals surface area contributed by atoms with E-state index in [0.717, 1.165) is 27.8 Å². The van der Waals surface area contributed by atoms with Crippen molar-refractivity contribution in [3.63, 3.8) is 0 Å². The lowest BCUT2D eigenvalue weighted by Gasteiger charge is -1.86. The lowest BCUT2D eigenvalue weighted by molar-refractivity contribution is 0.560. The molecule has 0 N–H and O–H groups in total. The van der Waals surface area contributed by atoms with Crippen LogP contribution in [-0.4, -0.2) is 4.98 Å². The van der Waals surface area contributed by atoms with Crippen molar-refractivity contribution in [2.45, 2.75) is 13.8 Å². The van der Waals surface area contributed by atoms with Crippen LogP contribution in [0.3, 0.4) is 0 Å². The molecule has 0 unspecified atom stereocenters. The van der Waals surface area contributed by atoms with Crippen LogP contribution in [-0.2, 0) is 0 Å². The van der Waals surface area contributed by atoms with Crippen LogP contribution in [0.25, 0.3) is 22.1 Å². The number of hydrogen-bond acceptors (Lipinski definition) is 3. The second kappa shape index (κ2) is 2.38. The Kier molecular flexibility index (Phi) is 1.29. The zero-order valence-electron chi connectivity index (χ0n) is 8.00.